The first kappa shape index (κ1) is 34.0. The molecule has 0 aliphatic carbocycles. The second kappa shape index (κ2) is 15.4. The molecule has 0 aliphatic heterocycles. The number of hydrogen-bond acceptors (Lipinski definition) is 4. The summed E-state index contributed by atoms with van der Waals surface area (Å²) in [5.74, 6) is -0.714. The lowest BCUT2D eigenvalue weighted by Crippen LogP contribution is -2.53. The lowest BCUT2D eigenvalue weighted by molar-refractivity contribution is -0.140. The number of rotatable bonds is 13. The second-order valence-corrected chi connectivity index (χ2v) is 14.0. The predicted octanol–water partition coefficient (Wildman–Crippen LogP) is 6.91. The molecule has 1 atom stereocenters. The van der Waals surface area contributed by atoms with E-state index in [0.29, 0.717) is 27.8 Å². The molecular formula is C35H37Cl2N3O4S. The first-order valence-electron chi connectivity index (χ1n) is 14.6. The Labute approximate surface area is 275 Å². The van der Waals surface area contributed by atoms with Crippen molar-refractivity contribution in [1.29, 1.82) is 0 Å². The highest BCUT2D eigenvalue weighted by Gasteiger charge is 2.34. The Balaban J connectivity index is 1.80. The summed E-state index contributed by atoms with van der Waals surface area (Å²) in [6.45, 7) is 5.74. The number of anilines is 1. The summed E-state index contributed by atoms with van der Waals surface area (Å²) in [5.41, 5.74) is 2.76. The van der Waals surface area contributed by atoms with Gasteiger partial charge in [-0.1, -0.05) is 109 Å². The zero-order valence-electron chi connectivity index (χ0n) is 25.5. The van der Waals surface area contributed by atoms with Crippen LogP contribution in [0.4, 0.5) is 5.69 Å². The first-order chi connectivity index (χ1) is 21.5. The number of carbonyl (C=O) groups excluding carboxylic acids is 2. The third kappa shape index (κ3) is 9.10. The fraction of sp³-hybridized carbons (Fsp3) is 0.257. The molecular weight excluding hydrogens is 629 g/mol. The van der Waals surface area contributed by atoms with Crippen LogP contribution in [0.2, 0.25) is 10.0 Å². The Morgan fingerprint density at radius 1 is 0.800 bits per heavy atom. The lowest BCUT2D eigenvalue weighted by atomic mass is 10.0. The van der Waals surface area contributed by atoms with E-state index in [2.05, 4.69) is 5.32 Å². The molecule has 0 radical (unpaired) electrons. The van der Waals surface area contributed by atoms with Crippen molar-refractivity contribution in [3.63, 3.8) is 0 Å². The van der Waals surface area contributed by atoms with Crippen molar-refractivity contribution in [2.24, 2.45) is 5.92 Å². The fourth-order valence-electron chi connectivity index (χ4n) is 4.77. The minimum absolute atomic E-state index is 0.00452. The fourth-order valence-corrected chi connectivity index (χ4v) is 6.53. The van der Waals surface area contributed by atoms with Crippen LogP contribution in [0, 0.1) is 12.8 Å². The Hall–Kier alpha value is -3.85. The van der Waals surface area contributed by atoms with Gasteiger partial charge in [0.25, 0.3) is 10.0 Å². The maximum Gasteiger partial charge on any atom is 0.264 e. The van der Waals surface area contributed by atoms with Crippen molar-refractivity contribution in [3.8, 4) is 0 Å². The number of benzene rings is 4. The maximum atomic E-state index is 14.5. The standard InChI is InChI=1S/C35H37Cl2N3O4S/c1-25(2)22-38-35(42)33(21-27-10-6-4-7-11-27)39(23-28-16-19-31(36)32(37)20-28)34(41)24-40(29-17-14-26(3)15-18-29)45(43,44)30-12-8-5-9-13-30/h4-20,25,33H,21-24H2,1-3H3,(H,38,42). The Kier molecular flexibility index (Phi) is 11.7. The van der Waals surface area contributed by atoms with E-state index in [1.165, 1.54) is 17.0 Å². The van der Waals surface area contributed by atoms with Gasteiger partial charge in [-0.3, -0.25) is 13.9 Å². The van der Waals surface area contributed by atoms with E-state index in [0.717, 1.165) is 15.4 Å². The molecule has 1 N–H and O–H groups in total. The third-order valence-corrected chi connectivity index (χ3v) is 9.75. The molecule has 10 heteroatoms. The van der Waals surface area contributed by atoms with Crippen LogP contribution in [-0.4, -0.2) is 44.3 Å². The summed E-state index contributed by atoms with van der Waals surface area (Å²) in [7, 11) is -4.16. The van der Waals surface area contributed by atoms with Gasteiger partial charge in [0.1, 0.15) is 12.6 Å². The number of aryl methyl sites for hydroxylation is 1. The highest BCUT2D eigenvalue weighted by molar-refractivity contribution is 7.92. The molecule has 0 spiro atoms. The molecule has 236 valence electrons. The molecule has 45 heavy (non-hydrogen) atoms. The van der Waals surface area contributed by atoms with Gasteiger partial charge < -0.3 is 10.2 Å². The van der Waals surface area contributed by atoms with Crippen LogP contribution in [0.5, 0.6) is 0 Å². The number of amides is 2. The van der Waals surface area contributed by atoms with Crippen LogP contribution in [-0.2, 0) is 32.6 Å². The Bertz CT molecular complexity index is 1700. The zero-order valence-corrected chi connectivity index (χ0v) is 27.8. The van der Waals surface area contributed by atoms with Crippen LogP contribution in [0.25, 0.3) is 0 Å². The van der Waals surface area contributed by atoms with Crippen molar-refractivity contribution in [2.75, 3.05) is 17.4 Å². The molecule has 0 bridgehead atoms. The minimum Gasteiger partial charge on any atom is -0.354 e. The number of nitrogens with one attached hydrogen (secondary N) is 1. The second-order valence-electron chi connectivity index (χ2n) is 11.3. The van der Waals surface area contributed by atoms with E-state index < -0.39 is 28.5 Å². The molecule has 0 saturated carbocycles. The van der Waals surface area contributed by atoms with Crippen molar-refractivity contribution in [3.05, 3.63) is 130 Å². The lowest BCUT2D eigenvalue weighted by Gasteiger charge is -2.34. The van der Waals surface area contributed by atoms with Gasteiger partial charge in [-0.25, -0.2) is 8.42 Å². The van der Waals surface area contributed by atoms with Crippen LogP contribution < -0.4 is 9.62 Å². The van der Waals surface area contributed by atoms with Crippen LogP contribution in [0.1, 0.15) is 30.5 Å². The first-order valence-corrected chi connectivity index (χ1v) is 16.8. The van der Waals surface area contributed by atoms with Crippen LogP contribution >= 0.6 is 23.2 Å². The molecule has 0 heterocycles. The summed E-state index contributed by atoms with van der Waals surface area (Å²) in [6, 6.07) is 28.4. The molecule has 4 aromatic rings. The number of sulfonamides is 1. The Morgan fingerprint density at radius 2 is 1.42 bits per heavy atom. The monoisotopic (exact) mass is 665 g/mol. The zero-order chi connectivity index (χ0) is 32.6. The maximum absolute atomic E-state index is 14.5. The average molecular weight is 667 g/mol. The van der Waals surface area contributed by atoms with Gasteiger partial charge in [0, 0.05) is 19.5 Å². The van der Waals surface area contributed by atoms with Crippen molar-refractivity contribution in [2.45, 2.75) is 44.7 Å². The van der Waals surface area contributed by atoms with Crippen LogP contribution in [0.15, 0.2) is 108 Å². The van der Waals surface area contributed by atoms with E-state index in [1.807, 2.05) is 51.1 Å². The molecule has 7 nitrogen and oxygen atoms in total. The van der Waals surface area contributed by atoms with Gasteiger partial charge in [0.05, 0.1) is 20.6 Å². The summed E-state index contributed by atoms with van der Waals surface area (Å²) in [4.78, 5) is 29.8. The molecule has 0 fully saturated rings. The molecule has 2 amide bonds. The highest BCUT2D eigenvalue weighted by atomic mass is 35.5. The molecule has 4 rings (SSSR count). The molecule has 0 aliphatic rings. The van der Waals surface area contributed by atoms with Gasteiger partial charge in [0.2, 0.25) is 11.8 Å². The average Bonchev–Trinajstić information content (AvgIpc) is 3.03. The van der Waals surface area contributed by atoms with E-state index in [1.54, 1.807) is 60.7 Å². The van der Waals surface area contributed by atoms with Gasteiger partial charge in [-0.15, -0.1) is 0 Å². The molecule has 1 unspecified atom stereocenters. The van der Waals surface area contributed by atoms with E-state index in [4.69, 9.17) is 23.2 Å². The van der Waals surface area contributed by atoms with Crippen LogP contribution in [0.3, 0.4) is 0 Å². The molecule has 0 saturated heterocycles. The molecule has 0 aromatic heterocycles. The van der Waals surface area contributed by atoms with Gasteiger partial charge >= 0.3 is 0 Å². The van der Waals surface area contributed by atoms with Crippen molar-refractivity contribution in [1.82, 2.24) is 10.2 Å². The summed E-state index contributed by atoms with van der Waals surface area (Å²) in [5, 5.41) is 3.64. The van der Waals surface area contributed by atoms with Gasteiger partial charge in [0.15, 0.2) is 0 Å². The highest BCUT2D eigenvalue weighted by Crippen LogP contribution is 2.27. The molecule has 4 aromatic carbocycles. The predicted molar refractivity (Wildman–Crippen MR) is 181 cm³/mol. The van der Waals surface area contributed by atoms with Gasteiger partial charge in [-0.05, 0) is 60.4 Å². The largest absolute Gasteiger partial charge is 0.354 e. The summed E-state index contributed by atoms with van der Waals surface area (Å²) in [6.07, 6.45) is 0.216. The van der Waals surface area contributed by atoms with E-state index in [-0.39, 0.29) is 29.7 Å². The minimum atomic E-state index is -4.16. The van der Waals surface area contributed by atoms with Gasteiger partial charge in [-0.2, -0.15) is 0 Å². The normalized spacial score (nSPS) is 12.0. The topological polar surface area (TPSA) is 86.8 Å². The number of hydrogen-bond donors (Lipinski definition) is 1. The third-order valence-electron chi connectivity index (χ3n) is 7.22. The summed E-state index contributed by atoms with van der Waals surface area (Å²) >= 11 is 12.5. The van der Waals surface area contributed by atoms with E-state index in [9.17, 15) is 18.0 Å². The Morgan fingerprint density at radius 3 is 2.02 bits per heavy atom. The van der Waals surface area contributed by atoms with E-state index >= 15 is 0 Å². The number of carbonyl (C=O) groups is 2. The summed E-state index contributed by atoms with van der Waals surface area (Å²) < 4.78 is 29.2. The van der Waals surface area contributed by atoms with Crippen molar-refractivity contribution >= 4 is 50.7 Å². The SMILES string of the molecule is Cc1ccc(N(CC(=O)N(Cc2ccc(Cl)c(Cl)c2)C(Cc2ccccc2)C(=O)NCC(C)C)S(=O)(=O)c2ccccc2)cc1. The quantitative estimate of drug-likeness (QED) is 0.168. The number of halogens is 2. The van der Waals surface area contributed by atoms with Crippen molar-refractivity contribution < 1.29 is 18.0 Å². The smallest absolute Gasteiger partial charge is 0.264 e. The number of nitrogens with zero attached hydrogens (tertiary/aromatic N) is 2.